The summed E-state index contributed by atoms with van der Waals surface area (Å²) >= 11 is 6.56. The number of alkyl carbamates (subject to hydrolysis) is 1. The van der Waals surface area contributed by atoms with Crippen molar-refractivity contribution in [3.05, 3.63) is 46.9 Å². The molecule has 0 spiro atoms. The van der Waals surface area contributed by atoms with Crippen molar-refractivity contribution in [3.63, 3.8) is 0 Å². The lowest BCUT2D eigenvalue weighted by Crippen LogP contribution is -2.32. The van der Waals surface area contributed by atoms with Gasteiger partial charge in [-0.1, -0.05) is 18.0 Å². The molecule has 1 aromatic carbocycles. The SMILES string of the molecule is COC(=O)N[C@@H](C)CCc1nccc(-c2[nH]c(C3CCC3)nc2-c2cc(F)cc(NS(C)(=O)=O)c2Cl)n1. The first-order chi connectivity index (χ1) is 17.5. The van der Waals surface area contributed by atoms with Gasteiger partial charge in [0.05, 0.1) is 41.2 Å². The predicted molar refractivity (Wildman–Crippen MR) is 138 cm³/mol. The molecule has 0 radical (unpaired) electrons. The van der Waals surface area contributed by atoms with Crippen LogP contribution in [0.4, 0.5) is 14.9 Å². The molecule has 1 saturated carbocycles. The van der Waals surface area contributed by atoms with Crippen LogP contribution in [0.5, 0.6) is 0 Å². The van der Waals surface area contributed by atoms with Crippen LogP contribution in [0, 0.1) is 5.82 Å². The number of amides is 1. The zero-order valence-electron chi connectivity index (χ0n) is 20.6. The third kappa shape index (κ3) is 6.55. The van der Waals surface area contributed by atoms with Gasteiger partial charge in [-0.05, 0) is 44.4 Å². The molecule has 3 aromatic rings. The van der Waals surface area contributed by atoms with Crippen LogP contribution < -0.4 is 10.0 Å². The number of hydrogen-bond acceptors (Lipinski definition) is 7. The van der Waals surface area contributed by atoms with Crippen molar-refractivity contribution in [2.45, 2.75) is 51.0 Å². The number of aromatic amines is 1. The van der Waals surface area contributed by atoms with E-state index in [-0.39, 0.29) is 28.2 Å². The number of ether oxygens (including phenoxy) is 1. The topological polar surface area (TPSA) is 139 Å². The number of sulfonamides is 1. The number of methoxy groups -OCH3 is 1. The molecule has 2 aromatic heterocycles. The molecular weight excluding hydrogens is 523 g/mol. The molecule has 0 bridgehead atoms. The van der Waals surface area contributed by atoms with E-state index in [0.29, 0.717) is 35.7 Å². The summed E-state index contributed by atoms with van der Waals surface area (Å²) in [6, 6.07) is 3.81. The minimum Gasteiger partial charge on any atom is -0.453 e. The van der Waals surface area contributed by atoms with Crippen molar-refractivity contribution in [2.75, 3.05) is 18.1 Å². The highest BCUT2D eigenvalue weighted by Crippen LogP contribution is 2.42. The van der Waals surface area contributed by atoms with Crippen LogP contribution in [0.15, 0.2) is 24.4 Å². The minimum atomic E-state index is -3.69. The van der Waals surface area contributed by atoms with E-state index in [4.69, 9.17) is 16.6 Å². The summed E-state index contributed by atoms with van der Waals surface area (Å²) in [6.07, 6.45) is 6.19. The Morgan fingerprint density at radius 3 is 2.73 bits per heavy atom. The van der Waals surface area contributed by atoms with Crippen LogP contribution in [0.25, 0.3) is 22.6 Å². The van der Waals surface area contributed by atoms with E-state index in [9.17, 15) is 17.6 Å². The quantitative estimate of drug-likeness (QED) is 0.352. The summed E-state index contributed by atoms with van der Waals surface area (Å²) in [5.41, 5.74) is 1.59. The molecule has 2 heterocycles. The van der Waals surface area contributed by atoms with Gasteiger partial charge in [0.2, 0.25) is 10.0 Å². The van der Waals surface area contributed by atoms with Crippen molar-refractivity contribution in [1.29, 1.82) is 0 Å². The molecule has 1 aliphatic carbocycles. The van der Waals surface area contributed by atoms with Crippen molar-refractivity contribution >= 4 is 33.4 Å². The second kappa shape index (κ2) is 11.0. The number of aromatic nitrogens is 4. The molecule has 0 saturated heterocycles. The molecule has 10 nitrogen and oxygen atoms in total. The number of aryl methyl sites for hydroxylation is 1. The van der Waals surface area contributed by atoms with Crippen LogP contribution in [-0.4, -0.2) is 53.9 Å². The smallest absolute Gasteiger partial charge is 0.407 e. The summed E-state index contributed by atoms with van der Waals surface area (Å²) in [6.45, 7) is 1.85. The Balaban J connectivity index is 1.72. The molecule has 0 aliphatic heterocycles. The van der Waals surface area contributed by atoms with E-state index in [2.05, 4.69) is 29.7 Å². The summed E-state index contributed by atoms with van der Waals surface area (Å²) < 4.78 is 45.1. The van der Waals surface area contributed by atoms with Crippen LogP contribution >= 0.6 is 11.6 Å². The summed E-state index contributed by atoms with van der Waals surface area (Å²) in [7, 11) is -2.39. The summed E-state index contributed by atoms with van der Waals surface area (Å²) in [4.78, 5) is 28.6. The number of nitrogens with zero attached hydrogens (tertiary/aromatic N) is 3. The van der Waals surface area contributed by atoms with E-state index in [0.717, 1.165) is 37.4 Å². The van der Waals surface area contributed by atoms with E-state index in [1.54, 1.807) is 12.3 Å². The third-order valence-electron chi connectivity index (χ3n) is 6.11. The molecular formula is C24H28ClFN6O4S. The average Bonchev–Trinajstić information content (AvgIpc) is 3.22. The number of carbonyl (C=O) groups excluding carboxylic acids is 1. The Morgan fingerprint density at radius 2 is 2.08 bits per heavy atom. The molecule has 1 amide bonds. The van der Waals surface area contributed by atoms with Gasteiger partial charge in [-0.3, -0.25) is 4.72 Å². The Bertz CT molecular complexity index is 1410. The minimum absolute atomic E-state index is 0.0247. The second-order valence-electron chi connectivity index (χ2n) is 9.10. The number of halogens is 2. The highest BCUT2D eigenvalue weighted by Gasteiger charge is 2.27. The number of carbonyl (C=O) groups is 1. The zero-order valence-corrected chi connectivity index (χ0v) is 22.2. The van der Waals surface area contributed by atoms with Crippen LogP contribution in [0.1, 0.15) is 50.2 Å². The molecule has 13 heteroatoms. The molecule has 198 valence electrons. The first-order valence-corrected chi connectivity index (χ1v) is 14.0. The maximum atomic E-state index is 14.6. The van der Waals surface area contributed by atoms with Crippen molar-refractivity contribution in [1.82, 2.24) is 25.3 Å². The summed E-state index contributed by atoms with van der Waals surface area (Å²) in [5, 5.41) is 2.73. The van der Waals surface area contributed by atoms with Crippen LogP contribution in [0.3, 0.4) is 0 Å². The fourth-order valence-electron chi connectivity index (χ4n) is 4.02. The van der Waals surface area contributed by atoms with Gasteiger partial charge in [-0.2, -0.15) is 0 Å². The first-order valence-electron chi connectivity index (χ1n) is 11.8. The highest BCUT2D eigenvalue weighted by atomic mass is 35.5. The number of hydrogen-bond donors (Lipinski definition) is 3. The standard InChI is InChI=1S/C24H28ClFN6O4S/c1-13(28-24(33)36-2)7-8-19-27-10-9-17(29-19)22-21(30-23(31-22)14-5-4-6-14)16-11-15(26)12-18(20(16)25)32-37(3,34)35/h9-14,32H,4-8H2,1-3H3,(H,28,33)(H,30,31)/t13-/m0/s1. The third-order valence-corrected chi connectivity index (χ3v) is 7.11. The molecule has 1 aliphatic rings. The Hall–Kier alpha value is -3.25. The monoisotopic (exact) mass is 550 g/mol. The fraction of sp³-hybridized carbons (Fsp3) is 0.417. The normalized spacial score (nSPS) is 14.6. The lowest BCUT2D eigenvalue weighted by Gasteiger charge is -2.22. The number of rotatable bonds is 9. The van der Waals surface area contributed by atoms with Crippen molar-refractivity contribution in [3.8, 4) is 22.6 Å². The number of H-pyrrole nitrogens is 1. The molecule has 4 rings (SSSR count). The lowest BCUT2D eigenvalue weighted by atomic mass is 9.85. The Labute approximate surface area is 219 Å². The van der Waals surface area contributed by atoms with E-state index >= 15 is 0 Å². The highest BCUT2D eigenvalue weighted by molar-refractivity contribution is 7.92. The van der Waals surface area contributed by atoms with Gasteiger partial charge in [0.25, 0.3) is 0 Å². The van der Waals surface area contributed by atoms with Crippen molar-refractivity contribution < 1.29 is 22.3 Å². The number of benzene rings is 1. The van der Waals surface area contributed by atoms with Gasteiger partial charge in [0.1, 0.15) is 17.5 Å². The van der Waals surface area contributed by atoms with Gasteiger partial charge in [0, 0.05) is 30.1 Å². The average molecular weight is 551 g/mol. The van der Waals surface area contributed by atoms with E-state index < -0.39 is 21.9 Å². The van der Waals surface area contributed by atoms with E-state index in [1.807, 2.05) is 6.92 Å². The van der Waals surface area contributed by atoms with E-state index in [1.165, 1.54) is 13.2 Å². The van der Waals surface area contributed by atoms with Crippen LogP contribution in [0.2, 0.25) is 5.02 Å². The Kier molecular flexibility index (Phi) is 7.98. The summed E-state index contributed by atoms with van der Waals surface area (Å²) in [5.74, 6) is 0.858. The van der Waals surface area contributed by atoms with Gasteiger partial charge in [-0.15, -0.1) is 0 Å². The molecule has 37 heavy (non-hydrogen) atoms. The zero-order chi connectivity index (χ0) is 26.7. The Morgan fingerprint density at radius 1 is 1.32 bits per heavy atom. The maximum Gasteiger partial charge on any atom is 0.407 e. The predicted octanol–water partition coefficient (Wildman–Crippen LogP) is 4.64. The van der Waals surface area contributed by atoms with Gasteiger partial charge < -0.3 is 15.0 Å². The number of nitrogens with one attached hydrogen (secondary N) is 3. The van der Waals surface area contributed by atoms with Crippen LogP contribution in [-0.2, 0) is 21.2 Å². The van der Waals surface area contributed by atoms with Gasteiger partial charge in [0.15, 0.2) is 0 Å². The maximum absolute atomic E-state index is 14.6. The molecule has 1 atom stereocenters. The fourth-order valence-corrected chi connectivity index (χ4v) is 4.88. The second-order valence-corrected chi connectivity index (χ2v) is 11.2. The number of imidazole rings is 1. The molecule has 0 unspecified atom stereocenters. The largest absolute Gasteiger partial charge is 0.453 e. The molecule has 1 fully saturated rings. The number of anilines is 1. The first kappa shape index (κ1) is 26.8. The van der Waals surface area contributed by atoms with Crippen molar-refractivity contribution in [2.24, 2.45) is 0 Å². The molecule has 3 N–H and O–H groups in total. The van der Waals surface area contributed by atoms with Gasteiger partial charge in [-0.25, -0.2) is 32.6 Å². The van der Waals surface area contributed by atoms with Gasteiger partial charge >= 0.3 is 6.09 Å². The lowest BCUT2D eigenvalue weighted by molar-refractivity contribution is 0.167.